The highest BCUT2D eigenvalue weighted by atomic mass is 79.9. The van der Waals surface area contributed by atoms with Gasteiger partial charge in [0.05, 0.1) is 21.9 Å². The van der Waals surface area contributed by atoms with Gasteiger partial charge in [-0.3, -0.25) is 4.98 Å². The third-order valence-corrected chi connectivity index (χ3v) is 2.36. The van der Waals surface area contributed by atoms with Gasteiger partial charge in [0.1, 0.15) is 5.75 Å². The van der Waals surface area contributed by atoms with Gasteiger partial charge in [0.15, 0.2) is 0 Å². The van der Waals surface area contributed by atoms with Crippen LogP contribution in [0.4, 0.5) is 8.78 Å². The van der Waals surface area contributed by atoms with E-state index in [-0.39, 0.29) is 28.0 Å². The van der Waals surface area contributed by atoms with Gasteiger partial charge in [-0.2, -0.15) is 0 Å². The van der Waals surface area contributed by atoms with Gasteiger partial charge in [0.2, 0.25) is 0 Å². The molecule has 0 unspecified atom stereocenters. The molecule has 1 aromatic heterocycles. The molecule has 0 aliphatic heterocycles. The molecule has 0 amide bonds. The minimum Gasteiger partial charge on any atom is -0.505 e. The van der Waals surface area contributed by atoms with Crippen LogP contribution in [0.5, 0.6) is 5.75 Å². The zero-order chi connectivity index (χ0) is 10.0. The Balaban J connectivity index is 3.32. The normalized spacial score (nSPS) is 10.8. The molecule has 0 aromatic carbocycles. The molecule has 72 valence electrons. The average molecular weight is 253 g/mol. The van der Waals surface area contributed by atoms with Crippen molar-refractivity contribution in [3.63, 3.8) is 0 Å². The van der Waals surface area contributed by atoms with Gasteiger partial charge in [-0.25, -0.2) is 8.78 Å². The van der Waals surface area contributed by atoms with Gasteiger partial charge in [-0.05, 0) is 15.9 Å². The molecule has 0 aliphatic rings. The fourth-order valence-electron chi connectivity index (χ4n) is 0.914. The van der Waals surface area contributed by atoms with E-state index < -0.39 is 6.43 Å². The number of hydrogen-bond donors (Lipinski definition) is 2. The summed E-state index contributed by atoms with van der Waals surface area (Å²) < 4.78 is 24.8. The van der Waals surface area contributed by atoms with Gasteiger partial charge in [-0.15, -0.1) is 0 Å². The quantitative estimate of drug-likeness (QED) is 0.846. The van der Waals surface area contributed by atoms with Crippen LogP contribution in [0.3, 0.4) is 0 Å². The molecule has 3 nitrogen and oxygen atoms in total. The molecule has 0 aliphatic carbocycles. The molecular weight excluding hydrogens is 246 g/mol. The van der Waals surface area contributed by atoms with Gasteiger partial charge in [0, 0.05) is 6.54 Å². The first kappa shape index (κ1) is 10.3. The number of aromatic nitrogens is 1. The summed E-state index contributed by atoms with van der Waals surface area (Å²) in [6.45, 7) is -0.0848. The lowest BCUT2D eigenvalue weighted by Crippen LogP contribution is -2.05. The third kappa shape index (κ3) is 1.94. The summed E-state index contributed by atoms with van der Waals surface area (Å²) >= 11 is 2.85. The second-order valence-electron chi connectivity index (χ2n) is 2.32. The van der Waals surface area contributed by atoms with Gasteiger partial charge in [0.25, 0.3) is 6.43 Å². The molecule has 0 spiro atoms. The van der Waals surface area contributed by atoms with Crippen LogP contribution in [-0.2, 0) is 6.54 Å². The van der Waals surface area contributed by atoms with E-state index in [2.05, 4.69) is 20.9 Å². The number of rotatable bonds is 2. The molecule has 3 N–H and O–H groups in total. The van der Waals surface area contributed by atoms with E-state index in [0.29, 0.717) is 0 Å². The molecule has 1 heterocycles. The Morgan fingerprint density at radius 3 is 2.69 bits per heavy atom. The van der Waals surface area contributed by atoms with Gasteiger partial charge < -0.3 is 10.8 Å². The molecular formula is C7H7BrF2N2O. The number of halogens is 3. The molecule has 6 heteroatoms. The third-order valence-electron chi connectivity index (χ3n) is 1.53. The lowest BCUT2D eigenvalue weighted by Gasteiger charge is -2.08. The van der Waals surface area contributed by atoms with Crippen LogP contribution in [0.1, 0.15) is 17.7 Å². The fraction of sp³-hybridized carbons (Fsp3) is 0.286. The van der Waals surface area contributed by atoms with Crippen molar-refractivity contribution < 1.29 is 13.9 Å². The van der Waals surface area contributed by atoms with E-state index in [1.807, 2.05) is 0 Å². The minimum absolute atomic E-state index is 0.0436. The molecule has 0 bridgehead atoms. The van der Waals surface area contributed by atoms with Crippen molar-refractivity contribution in [3.8, 4) is 5.75 Å². The maximum absolute atomic E-state index is 12.4. The van der Waals surface area contributed by atoms with Crippen LogP contribution < -0.4 is 5.73 Å². The maximum Gasteiger partial charge on any atom is 0.266 e. The molecule has 1 rings (SSSR count). The summed E-state index contributed by atoms with van der Waals surface area (Å²) in [5.41, 5.74) is 4.95. The summed E-state index contributed by atoms with van der Waals surface area (Å²) in [4.78, 5) is 3.59. The number of nitrogens with zero attached hydrogens (tertiary/aromatic N) is 1. The predicted molar refractivity (Wildman–Crippen MR) is 46.5 cm³/mol. The lowest BCUT2D eigenvalue weighted by molar-refractivity contribution is 0.148. The monoisotopic (exact) mass is 252 g/mol. The highest BCUT2D eigenvalue weighted by Crippen LogP contribution is 2.35. The number of alkyl halides is 2. The van der Waals surface area contributed by atoms with E-state index in [0.717, 1.165) is 6.20 Å². The van der Waals surface area contributed by atoms with E-state index in [1.54, 1.807) is 0 Å². The van der Waals surface area contributed by atoms with Gasteiger partial charge in [-0.1, -0.05) is 0 Å². The van der Waals surface area contributed by atoms with Crippen molar-refractivity contribution in [2.75, 3.05) is 0 Å². The second kappa shape index (κ2) is 3.97. The Morgan fingerprint density at radius 1 is 1.62 bits per heavy atom. The summed E-state index contributed by atoms with van der Waals surface area (Å²) in [5.74, 6) is -0.313. The smallest absolute Gasteiger partial charge is 0.266 e. The van der Waals surface area contributed by atoms with Crippen molar-refractivity contribution in [1.82, 2.24) is 4.98 Å². The van der Waals surface area contributed by atoms with E-state index >= 15 is 0 Å². The van der Waals surface area contributed by atoms with E-state index in [9.17, 15) is 8.78 Å². The number of aromatic hydroxyl groups is 1. The van der Waals surface area contributed by atoms with Crippen molar-refractivity contribution >= 4 is 15.9 Å². The summed E-state index contributed by atoms with van der Waals surface area (Å²) in [6, 6.07) is 0. The SMILES string of the molecule is NCc1ncc(O)c(Br)c1C(F)F. The van der Waals surface area contributed by atoms with Crippen molar-refractivity contribution in [1.29, 1.82) is 0 Å². The first-order valence-corrected chi connectivity index (χ1v) is 4.21. The number of nitrogens with two attached hydrogens (primary N) is 1. The average Bonchev–Trinajstić information content (AvgIpc) is 2.08. The molecule has 0 radical (unpaired) electrons. The van der Waals surface area contributed by atoms with Crippen molar-refractivity contribution in [3.05, 3.63) is 21.9 Å². The zero-order valence-corrected chi connectivity index (χ0v) is 8.05. The first-order valence-electron chi connectivity index (χ1n) is 3.42. The van der Waals surface area contributed by atoms with Crippen molar-refractivity contribution in [2.24, 2.45) is 5.73 Å². The minimum atomic E-state index is -2.70. The Bertz CT molecular complexity index is 320. The first-order chi connectivity index (χ1) is 6.07. The number of hydrogen-bond acceptors (Lipinski definition) is 3. The number of pyridine rings is 1. The molecule has 0 fully saturated rings. The zero-order valence-electron chi connectivity index (χ0n) is 6.47. The van der Waals surface area contributed by atoms with E-state index in [1.165, 1.54) is 0 Å². The molecule has 13 heavy (non-hydrogen) atoms. The van der Waals surface area contributed by atoms with Crippen molar-refractivity contribution in [2.45, 2.75) is 13.0 Å². The van der Waals surface area contributed by atoms with Crippen LogP contribution in [-0.4, -0.2) is 10.1 Å². The highest BCUT2D eigenvalue weighted by Gasteiger charge is 2.19. The molecule has 1 aromatic rings. The lowest BCUT2D eigenvalue weighted by atomic mass is 10.2. The van der Waals surface area contributed by atoms with Crippen LogP contribution in [0.15, 0.2) is 10.7 Å². The molecule has 0 saturated heterocycles. The summed E-state index contributed by atoms with van der Waals surface area (Å²) in [6.07, 6.45) is -1.62. The Kier molecular flexibility index (Phi) is 3.16. The van der Waals surface area contributed by atoms with Crippen LogP contribution in [0.25, 0.3) is 0 Å². The van der Waals surface area contributed by atoms with Crippen LogP contribution >= 0.6 is 15.9 Å². The highest BCUT2D eigenvalue weighted by molar-refractivity contribution is 9.10. The van der Waals surface area contributed by atoms with E-state index in [4.69, 9.17) is 10.8 Å². The summed E-state index contributed by atoms with van der Waals surface area (Å²) in [5, 5.41) is 9.09. The Morgan fingerprint density at radius 2 is 2.23 bits per heavy atom. The molecule has 0 saturated carbocycles. The maximum atomic E-state index is 12.4. The summed E-state index contributed by atoms with van der Waals surface area (Å²) in [7, 11) is 0. The predicted octanol–water partition coefficient (Wildman–Crippen LogP) is 1.95. The largest absolute Gasteiger partial charge is 0.505 e. The topological polar surface area (TPSA) is 59.1 Å². The Hall–Kier alpha value is -0.750. The second-order valence-corrected chi connectivity index (χ2v) is 3.12. The van der Waals surface area contributed by atoms with Crippen LogP contribution in [0.2, 0.25) is 0 Å². The fourth-order valence-corrected chi connectivity index (χ4v) is 1.42. The van der Waals surface area contributed by atoms with Crippen LogP contribution in [0, 0.1) is 0 Å². The Labute approximate surface area is 81.7 Å². The van der Waals surface area contributed by atoms with Gasteiger partial charge >= 0.3 is 0 Å². The standard InChI is InChI=1S/C7H7BrF2N2O/c8-6-4(13)2-12-3(1-11)5(6)7(9)10/h2,7,13H,1,11H2. The molecule has 0 atom stereocenters.